The minimum atomic E-state index is -0.294. The maximum absolute atomic E-state index is 11.1. The van der Waals surface area contributed by atoms with Gasteiger partial charge in [0.25, 0.3) is 0 Å². The summed E-state index contributed by atoms with van der Waals surface area (Å²) in [6, 6.07) is 5.25. The number of benzene rings is 1. The van der Waals surface area contributed by atoms with Crippen LogP contribution >= 0.6 is 0 Å². The molecule has 0 saturated carbocycles. The molecule has 0 aromatic heterocycles. The fourth-order valence-corrected chi connectivity index (χ4v) is 1.30. The quantitative estimate of drug-likeness (QED) is 0.555. The third kappa shape index (κ3) is 3.96. The van der Waals surface area contributed by atoms with E-state index in [1.54, 1.807) is 18.2 Å². The molecule has 0 heterocycles. The minimum absolute atomic E-state index is 0.146. The van der Waals surface area contributed by atoms with Gasteiger partial charge in [0.15, 0.2) is 18.3 Å². The van der Waals surface area contributed by atoms with Gasteiger partial charge in [-0.3, -0.25) is 4.79 Å². The zero-order valence-corrected chi connectivity index (χ0v) is 10.2. The van der Waals surface area contributed by atoms with Gasteiger partial charge in [0.1, 0.15) is 0 Å². The van der Waals surface area contributed by atoms with E-state index >= 15 is 0 Å². The molecular weight excluding hydrogens is 224 g/mol. The molecule has 0 aliphatic rings. The van der Waals surface area contributed by atoms with Crippen molar-refractivity contribution in [3.8, 4) is 11.5 Å². The van der Waals surface area contributed by atoms with E-state index in [-0.39, 0.29) is 19.2 Å². The first kappa shape index (κ1) is 13.3. The van der Waals surface area contributed by atoms with Gasteiger partial charge in [0.2, 0.25) is 0 Å². The summed E-state index contributed by atoms with van der Waals surface area (Å²) in [6.45, 7) is 0.146. The Balaban J connectivity index is 2.80. The molecule has 0 fully saturated rings. The summed E-state index contributed by atoms with van der Waals surface area (Å²) < 4.78 is 19.9. The normalized spacial score (nSPS) is 9.82. The van der Waals surface area contributed by atoms with Crippen LogP contribution in [0.3, 0.4) is 0 Å². The standard InChI is InChI=1S/C12H16O5/c1-14-8-17-10-5-4-9(6-11(10)15-2)7-12(13)16-3/h4-6H,7-8H2,1-3H3. The van der Waals surface area contributed by atoms with Crippen LogP contribution in [-0.2, 0) is 20.7 Å². The molecule has 0 bridgehead atoms. The number of carbonyl (C=O) groups is 1. The van der Waals surface area contributed by atoms with Crippen LogP contribution in [0.15, 0.2) is 18.2 Å². The second-order valence-corrected chi connectivity index (χ2v) is 3.29. The van der Waals surface area contributed by atoms with E-state index in [0.29, 0.717) is 11.5 Å². The van der Waals surface area contributed by atoms with Crippen molar-refractivity contribution < 1.29 is 23.7 Å². The van der Waals surface area contributed by atoms with E-state index in [4.69, 9.17) is 14.2 Å². The Hall–Kier alpha value is -1.75. The summed E-state index contributed by atoms with van der Waals surface area (Å²) >= 11 is 0. The van der Waals surface area contributed by atoms with Gasteiger partial charge in [-0.2, -0.15) is 0 Å². The van der Waals surface area contributed by atoms with Crippen molar-refractivity contribution in [1.82, 2.24) is 0 Å². The average molecular weight is 240 g/mol. The lowest BCUT2D eigenvalue weighted by molar-refractivity contribution is -0.139. The van der Waals surface area contributed by atoms with E-state index in [0.717, 1.165) is 5.56 Å². The minimum Gasteiger partial charge on any atom is -0.493 e. The van der Waals surface area contributed by atoms with Crippen LogP contribution in [0.4, 0.5) is 0 Å². The number of hydrogen-bond acceptors (Lipinski definition) is 5. The molecule has 0 atom stereocenters. The first-order valence-corrected chi connectivity index (χ1v) is 5.06. The first-order chi connectivity index (χ1) is 8.21. The lowest BCUT2D eigenvalue weighted by atomic mass is 10.1. The summed E-state index contributed by atoms with van der Waals surface area (Å²) in [5.74, 6) is 0.837. The van der Waals surface area contributed by atoms with Gasteiger partial charge in [-0.15, -0.1) is 0 Å². The average Bonchev–Trinajstić information content (AvgIpc) is 2.36. The molecule has 0 saturated heterocycles. The highest BCUT2D eigenvalue weighted by molar-refractivity contribution is 5.72. The van der Waals surface area contributed by atoms with E-state index in [1.165, 1.54) is 21.3 Å². The molecule has 17 heavy (non-hydrogen) atoms. The van der Waals surface area contributed by atoms with Crippen LogP contribution in [-0.4, -0.2) is 34.1 Å². The van der Waals surface area contributed by atoms with Crippen molar-refractivity contribution in [2.45, 2.75) is 6.42 Å². The SMILES string of the molecule is COCOc1ccc(CC(=O)OC)cc1OC. The van der Waals surface area contributed by atoms with Gasteiger partial charge in [0, 0.05) is 7.11 Å². The molecule has 1 rings (SSSR count). The van der Waals surface area contributed by atoms with Crippen LogP contribution in [0.2, 0.25) is 0 Å². The Morgan fingerprint density at radius 3 is 2.53 bits per heavy atom. The number of ether oxygens (including phenoxy) is 4. The molecule has 94 valence electrons. The van der Waals surface area contributed by atoms with Crippen molar-refractivity contribution in [1.29, 1.82) is 0 Å². The van der Waals surface area contributed by atoms with Gasteiger partial charge in [-0.1, -0.05) is 6.07 Å². The molecule has 5 nitrogen and oxygen atoms in total. The maximum atomic E-state index is 11.1. The first-order valence-electron chi connectivity index (χ1n) is 5.06. The lowest BCUT2D eigenvalue weighted by Gasteiger charge is -2.11. The smallest absolute Gasteiger partial charge is 0.309 e. The molecule has 0 radical (unpaired) electrons. The predicted octanol–water partition coefficient (Wildman–Crippen LogP) is 1.39. The van der Waals surface area contributed by atoms with Crippen molar-refractivity contribution in [2.75, 3.05) is 28.1 Å². The topological polar surface area (TPSA) is 54.0 Å². The van der Waals surface area contributed by atoms with Gasteiger partial charge in [-0.25, -0.2) is 0 Å². The number of esters is 1. The second kappa shape index (κ2) is 6.75. The summed E-state index contributed by atoms with van der Waals surface area (Å²) in [6.07, 6.45) is 0.206. The summed E-state index contributed by atoms with van der Waals surface area (Å²) in [7, 11) is 4.44. The number of methoxy groups -OCH3 is 3. The van der Waals surface area contributed by atoms with E-state index in [2.05, 4.69) is 4.74 Å². The van der Waals surface area contributed by atoms with E-state index in [1.807, 2.05) is 0 Å². The number of hydrogen-bond donors (Lipinski definition) is 0. The van der Waals surface area contributed by atoms with Gasteiger partial charge < -0.3 is 18.9 Å². The molecule has 0 N–H and O–H groups in total. The Morgan fingerprint density at radius 1 is 1.18 bits per heavy atom. The van der Waals surface area contributed by atoms with Gasteiger partial charge >= 0.3 is 5.97 Å². The Morgan fingerprint density at radius 2 is 1.94 bits per heavy atom. The fraction of sp³-hybridized carbons (Fsp3) is 0.417. The Kier molecular flexibility index (Phi) is 5.29. The van der Waals surface area contributed by atoms with Crippen LogP contribution in [0.1, 0.15) is 5.56 Å². The van der Waals surface area contributed by atoms with Crippen LogP contribution < -0.4 is 9.47 Å². The molecule has 0 aliphatic carbocycles. The van der Waals surface area contributed by atoms with Crippen molar-refractivity contribution >= 4 is 5.97 Å². The number of rotatable bonds is 6. The molecule has 1 aromatic carbocycles. The highest BCUT2D eigenvalue weighted by Gasteiger charge is 2.08. The molecule has 0 aliphatic heterocycles. The zero-order valence-electron chi connectivity index (χ0n) is 10.2. The highest BCUT2D eigenvalue weighted by atomic mass is 16.7. The molecule has 0 spiro atoms. The molecule has 5 heteroatoms. The van der Waals surface area contributed by atoms with Gasteiger partial charge in [-0.05, 0) is 17.7 Å². The lowest BCUT2D eigenvalue weighted by Crippen LogP contribution is -2.05. The second-order valence-electron chi connectivity index (χ2n) is 3.29. The monoisotopic (exact) mass is 240 g/mol. The number of carbonyl (C=O) groups excluding carboxylic acids is 1. The maximum Gasteiger partial charge on any atom is 0.309 e. The fourth-order valence-electron chi connectivity index (χ4n) is 1.30. The van der Waals surface area contributed by atoms with Crippen LogP contribution in [0.5, 0.6) is 11.5 Å². The largest absolute Gasteiger partial charge is 0.493 e. The van der Waals surface area contributed by atoms with E-state index < -0.39 is 0 Å². The molecule has 0 amide bonds. The highest BCUT2D eigenvalue weighted by Crippen LogP contribution is 2.28. The zero-order chi connectivity index (χ0) is 12.7. The van der Waals surface area contributed by atoms with Crippen LogP contribution in [0, 0.1) is 0 Å². The molecule has 0 unspecified atom stereocenters. The molecule has 1 aromatic rings. The van der Waals surface area contributed by atoms with E-state index in [9.17, 15) is 4.79 Å². The summed E-state index contributed by atoms with van der Waals surface area (Å²) in [5.41, 5.74) is 0.804. The predicted molar refractivity (Wildman–Crippen MR) is 61.2 cm³/mol. The molecular formula is C12H16O5. The van der Waals surface area contributed by atoms with Crippen molar-refractivity contribution in [3.05, 3.63) is 23.8 Å². The summed E-state index contributed by atoms with van der Waals surface area (Å²) in [4.78, 5) is 11.1. The van der Waals surface area contributed by atoms with Crippen molar-refractivity contribution in [2.24, 2.45) is 0 Å². The Labute approximate surface area is 100 Å². The third-order valence-corrected chi connectivity index (χ3v) is 2.14. The summed E-state index contributed by atoms with van der Waals surface area (Å²) in [5, 5.41) is 0. The van der Waals surface area contributed by atoms with Gasteiger partial charge in [0.05, 0.1) is 20.6 Å². The van der Waals surface area contributed by atoms with Crippen molar-refractivity contribution in [3.63, 3.8) is 0 Å². The Bertz CT molecular complexity index is 375. The van der Waals surface area contributed by atoms with Crippen LogP contribution in [0.25, 0.3) is 0 Å². The third-order valence-electron chi connectivity index (χ3n) is 2.14.